The summed E-state index contributed by atoms with van der Waals surface area (Å²) in [6, 6.07) is 11.3. The summed E-state index contributed by atoms with van der Waals surface area (Å²) in [7, 11) is -3.78. The molecule has 0 fully saturated rings. The van der Waals surface area contributed by atoms with Crippen molar-refractivity contribution in [2.75, 3.05) is 16.6 Å². The average molecular weight is 458 g/mol. The number of nitrogens with one attached hydrogen (secondary N) is 2. The number of benzene rings is 2. The van der Waals surface area contributed by atoms with Crippen LogP contribution in [-0.2, 0) is 14.8 Å². The van der Waals surface area contributed by atoms with Crippen LogP contribution in [0.3, 0.4) is 0 Å². The Hall–Kier alpha value is -3.57. The minimum atomic E-state index is -3.78. The third-order valence-corrected chi connectivity index (χ3v) is 6.30. The summed E-state index contributed by atoms with van der Waals surface area (Å²) >= 11 is 1.16. The number of carbonyl (C=O) groups is 1. The summed E-state index contributed by atoms with van der Waals surface area (Å²) in [6.07, 6.45) is 3.00. The molecule has 2 aromatic heterocycles. The zero-order valence-electron chi connectivity index (χ0n) is 15.8. The monoisotopic (exact) mass is 458 g/mol. The predicted octanol–water partition coefficient (Wildman–Crippen LogP) is 3.65. The Morgan fingerprint density at radius 3 is 2.61 bits per heavy atom. The van der Waals surface area contributed by atoms with E-state index in [2.05, 4.69) is 20.0 Å². The highest BCUT2D eigenvalue weighted by atomic mass is 32.2. The van der Waals surface area contributed by atoms with Crippen LogP contribution < -0.4 is 14.8 Å². The number of fused-ring (bicyclic) bond motifs is 1. The van der Waals surface area contributed by atoms with E-state index < -0.39 is 21.7 Å². The van der Waals surface area contributed by atoms with Gasteiger partial charge >= 0.3 is 0 Å². The van der Waals surface area contributed by atoms with Gasteiger partial charge in [0.05, 0.1) is 10.4 Å². The molecule has 2 heterocycles. The normalized spacial score (nSPS) is 11.3. The van der Waals surface area contributed by atoms with Gasteiger partial charge in [0.2, 0.25) is 0 Å². The van der Waals surface area contributed by atoms with E-state index in [0.29, 0.717) is 22.3 Å². The van der Waals surface area contributed by atoms with E-state index in [-0.39, 0.29) is 16.6 Å². The first-order valence-electron chi connectivity index (χ1n) is 8.90. The van der Waals surface area contributed by atoms with Gasteiger partial charge in [0, 0.05) is 28.8 Å². The molecule has 0 saturated carbocycles. The van der Waals surface area contributed by atoms with Gasteiger partial charge in [-0.1, -0.05) is 0 Å². The average Bonchev–Trinajstić information content (AvgIpc) is 3.25. The van der Waals surface area contributed by atoms with Crippen LogP contribution in [0.5, 0.6) is 5.75 Å². The molecule has 2 aromatic carbocycles. The van der Waals surface area contributed by atoms with Crippen molar-refractivity contribution >= 4 is 49.0 Å². The number of pyridine rings is 1. The lowest BCUT2D eigenvalue weighted by molar-refractivity contribution is -0.118. The van der Waals surface area contributed by atoms with Crippen LogP contribution in [0.15, 0.2) is 71.2 Å². The molecular weight excluding hydrogens is 443 g/mol. The maximum Gasteiger partial charge on any atom is 0.263 e. The minimum absolute atomic E-state index is 0.0298. The van der Waals surface area contributed by atoms with Crippen LogP contribution in [0.2, 0.25) is 0 Å². The number of hydrogen-bond acceptors (Lipinski definition) is 7. The number of amides is 1. The third-order valence-electron chi connectivity index (χ3n) is 4.12. The molecule has 4 aromatic rings. The van der Waals surface area contributed by atoms with Crippen LogP contribution in [0.4, 0.5) is 15.2 Å². The Kier molecular flexibility index (Phi) is 5.78. The van der Waals surface area contributed by atoms with Gasteiger partial charge in [0.25, 0.3) is 15.9 Å². The maximum atomic E-state index is 13.5. The first kappa shape index (κ1) is 20.7. The predicted molar refractivity (Wildman–Crippen MR) is 115 cm³/mol. The highest BCUT2D eigenvalue weighted by Crippen LogP contribution is 2.24. The number of thiazole rings is 1. The molecule has 0 unspecified atom stereocenters. The van der Waals surface area contributed by atoms with Crippen LogP contribution in [0.25, 0.3) is 10.9 Å². The summed E-state index contributed by atoms with van der Waals surface area (Å²) in [5.74, 6) is -0.568. The molecule has 11 heteroatoms. The summed E-state index contributed by atoms with van der Waals surface area (Å²) in [5.41, 5.74) is 0.940. The van der Waals surface area contributed by atoms with Crippen molar-refractivity contribution < 1.29 is 22.3 Å². The molecule has 0 radical (unpaired) electrons. The van der Waals surface area contributed by atoms with Crippen molar-refractivity contribution in [3.8, 4) is 5.75 Å². The number of anilines is 2. The van der Waals surface area contributed by atoms with Crippen LogP contribution >= 0.6 is 11.3 Å². The summed E-state index contributed by atoms with van der Waals surface area (Å²) in [6.45, 7) is -0.318. The molecule has 0 saturated heterocycles. The lowest BCUT2D eigenvalue weighted by Crippen LogP contribution is -2.20. The Labute approximate surface area is 180 Å². The van der Waals surface area contributed by atoms with E-state index >= 15 is 0 Å². The summed E-state index contributed by atoms with van der Waals surface area (Å²) < 4.78 is 46.1. The quantitative estimate of drug-likeness (QED) is 0.437. The van der Waals surface area contributed by atoms with Gasteiger partial charge in [-0.05, 0) is 48.5 Å². The number of aromatic nitrogens is 2. The molecule has 0 aliphatic carbocycles. The number of nitrogens with zero attached hydrogens (tertiary/aromatic N) is 2. The van der Waals surface area contributed by atoms with Gasteiger partial charge in [-0.15, -0.1) is 11.3 Å². The van der Waals surface area contributed by atoms with E-state index in [1.54, 1.807) is 11.4 Å². The fraction of sp³-hybridized carbons (Fsp3) is 0.0500. The third kappa shape index (κ3) is 4.95. The second-order valence-electron chi connectivity index (χ2n) is 6.27. The standard InChI is InChI=1S/C20H15FN4O4S2/c21-13-1-6-17-16(11-13)18(7-8-22-17)29-12-19(26)24-14-2-4-15(5-3-14)31(27,28)25-20-23-9-10-30-20/h1-11H,12H2,(H,23,25)(H,24,26). The first-order chi connectivity index (χ1) is 14.9. The molecular formula is C20H15FN4O4S2. The molecule has 1 amide bonds. The van der Waals surface area contributed by atoms with Gasteiger partial charge < -0.3 is 10.1 Å². The highest BCUT2D eigenvalue weighted by molar-refractivity contribution is 7.93. The van der Waals surface area contributed by atoms with E-state index in [1.807, 2.05) is 0 Å². The Bertz CT molecular complexity index is 1330. The zero-order chi connectivity index (χ0) is 21.8. The van der Waals surface area contributed by atoms with E-state index in [9.17, 15) is 17.6 Å². The molecule has 0 aliphatic heterocycles. The minimum Gasteiger partial charge on any atom is -0.483 e. The first-order valence-corrected chi connectivity index (χ1v) is 11.3. The Morgan fingerprint density at radius 1 is 1.06 bits per heavy atom. The van der Waals surface area contributed by atoms with Crippen molar-refractivity contribution in [1.29, 1.82) is 0 Å². The highest BCUT2D eigenvalue weighted by Gasteiger charge is 2.15. The van der Waals surface area contributed by atoms with Crippen molar-refractivity contribution in [3.63, 3.8) is 0 Å². The fourth-order valence-corrected chi connectivity index (χ4v) is 4.51. The number of carbonyl (C=O) groups excluding carboxylic acids is 1. The molecule has 8 nitrogen and oxygen atoms in total. The molecule has 0 bridgehead atoms. The van der Waals surface area contributed by atoms with Gasteiger partial charge in [-0.3, -0.25) is 14.5 Å². The number of halogens is 1. The lowest BCUT2D eigenvalue weighted by atomic mass is 10.2. The van der Waals surface area contributed by atoms with Crippen molar-refractivity contribution in [2.45, 2.75) is 4.90 Å². The lowest BCUT2D eigenvalue weighted by Gasteiger charge is -2.10. The van der Waals surface area contributed by atoms with Crippen molar-refractivity contribution in [1.82, 2.24) is 9.97 Å². The smallest absolute Gasteiger partial charge is 0.263 e. The number of hydrogen-bond donors (Lipinski definition) is 2. The molecule has 158 valence electrons. The van der Waals surface area contributed by atoms with Crippen LogP contribution in [0, 0.1) is 5.82 Å². The second-order valence-corrected chi connectivity index (χ2v) is 8.85. The van der Waals surface area contributed by atoms with Gasteiger partial charge in [0.1, 0.15) is 11.6 Å². The number of rotatable bonds is 7. The Balaban J connectivity index is 1.39. The molecule has 0 atom stereocenters. The van der Waals surface area contributed by atoms with Crippen LogP contribution in [0.1, 0.15) is 0 Å². The van der Waals surface area contributed by atoms with Gasteiger partial charge in [-0.2, -0.15) is 0 Å². The summed E-state index contributed by atoms with van der Waals surface area (Å²) in [4.78, 5) is 20.3. The largest absolute Gasteiger partial charge is 0.483 e. The van der Waals surface area contributed by atoms with E-state index in [4.69, 9.17) is 4.74 Å². The van der Waals surface area contributed by atoms with E-state index in [1.165, 1.54) is 54.9 Å². The van der Waals surface area contributed by atoms with E-state index in [0.717, 1.165) is 11.3 Å². The van der Waals surface area contributed by atoms with Crippen LogP contribution in [-0.4, -0.2) is 30.9 Å². The van der Waals surface area contributed by atoms with Crippen molar-refractivity contribution in [3.05, 3.63) is 72.1 Å². The zero-order valence-corrected chi connectivity index (χ0v) is 17.4. The molecule has 2 N–H and O–H groups in total. The molecule has 0 aliphatic rings. The maximum absolute atomic E-state index is 13.5. The Morgan fingerprint density at radius 2 is 1.87 bits per heavy atom. The van der Waals surface area contributed by atoms with Gasteiger partial charge in [-0.25, -0.2) is 17.8 Å². The topological polar surface area (TPSA) is 110 Å². The molecule has 31 heavy (non-hydrogen) atoms. The number of sulfonamides is 1. The fourth-order valence-electron chi connectivity index (χ4n) is 2.72. The summed E-state index contributed by atoms with van der Waals surface area (Å²) in [5, 5.41) is 4.99. The molecule has 4 rings (SSSR count). The SMILES string of the molecule is O=C(COc1ccnc2ccc(F)cc12)Nc1ccc(S(=O)(=O)Nc2nccs2)cc1. The van der Waals surface area contributed by atoms with Gasteiger partial charge in [0.15, 0.2) is 11.7 Å². The number of ether oxygens (including phenoxy) is 1. The molecule has 0 spiro atoms. The second kappa shape index (κ2) is 8.66. The van der Waals surface area contributed by atoms with Crippen molar-refractivity contribution in [2.24, 2.45) is 0 Å².